The number of H-pyrrole nitrogens is 1. The molecule has 53 heavy (non-hydrogen) atoms. The van der Waals surface area contributed by atoms with Crippen molar-refractivity contribution < 1.29 is 27.4 Å². The smallest absolute Gasteiger partial charge is 0.422 e. The third kappa shape index (κ3) is 6.37. The van der Waals surface area contributed by atoms with E-state index in [1.165, 1.54) is 6.08 Å². The predicted octanol–water partition coefficient (Wildman–Crippen LogP) is 5.83. The summed E-state index contributed by atoms with van der Waals surface area (Å²) in [7, 11) is 0. The van der Waals surface area contributed by atoms with Gasteiger partial charge in [-0.05, 0) is 79.8 Å². The Morgan fingerprint density at radius 3 is 2.53 bits per heavy atom. The maximum atomic E-state index is 14.1. The van der Waals surface area contributed by atoms with Gasteiger partial charge in [-0.25, -0.2) is 4.98 Å². The molecule has 1 saturated carbocycles. The average molecular weight is 731 g/mol. The van der Waals surface area contributed by atoms with Crippen molar-refractivity contribution in [1.82, 2.24) is 30.0 Å². The maximum absolute atomic E-state index is 14.1. The van der Waals surface area contributed by atoms with E-state index in [0.717, 1.165) is 91.7 Å². The molecule has 5 fully saturated rings. The van der Waals surface area contributed by atoms with Crippen LogP contribution in [0.1, 0.15) is 49.1 Å². The summed E-state index contributed by atoms with van der Waals surface area (Å²) in [6, 6.07) is 6.37. The zero-order valence-corrected chi connectivity index (χ0v) is 30.1. The van der Waals surface area contributed by atoms with Gasteiger partial charge in [-0.2, -0.15) is 23.3 Å². The van der Waals surface area contributed by atoms with E-state index < -0.39 is 12.8 Å². The molecular formula is C39H45F3N8O3. The highest BCUT2D eigenvalue weighted by atomic mass is 19.4. The molecule has 280 valence electrons. The van der Waals surface area contributed by atoms with E-state index in [1.807, 2.05) is 24.0 Å². The lowest BCUT2D eigenvalue weighted by atomic mass is 9.72. The number of carbonyl (C=O) groups excluding carboxylic acids is 1. The van der Waals surface area contributed by atoms with Crippen molar-refractivity contribution in [3.8, 4) is 16.9 Å². The Hall–Kier alpha value is -4.43. The number of hydrogen-bond donors (Lipinski definition) is 1. The normalized spacial score (nSPS) is 22.2. The number of carbonyl (C=O) groups is 1. The Kier molecular flexibility index (Phi) is 8.52. The van der Waals surface area contributed by atoms with Crippen LogP contribution in [0.15, 0.2) is 37.1 Å². The van der Waals surface area contributed by atoms with Gasteiger partial charge in [0.2, 0.25) is 11.9 Å². The van der Waals surface area contributed by atoms with Crippen LogP contribution in [0.4, 0.5) is 24.9 Å². The molecule has 9 rings (SSSR count). The van der Waals surface area contributed by atoms with Crippen molar-refractivity contribution in [1.29, 1.82) is 0 Å². The average Bonchev–Trinajstić information content (AvgIpc) is 3.67. The van der Waals surface area contributed by atoms with E-state index in [0.29, 0.717) is 67.8 Å². The van der Waals surface area contributed by atoms with Crippen molar-refractivity contribution in [3.05, 3.63) is 48.2 Å². The largest absolute Gasteiger partial charge is 0.481 e. The number of piperidine rings is 1. The molecule has 1 spiro atoms. The number of amides is 1. The molecule has 4 aliphatic heterocycles. The first-order valence-electron chi connectivity index (χ1n) is 18.8. The fourth-order valence-electron chi connectivity index (χ4n) is 9.06. The monoisotopic (exact) mass is 730 g/mol. The highest BCUT2D eigenvalue weighted by molar-refractivity contribution is 6.06. The summed E-state index contributed by atoms with van der Waals surface area (Å²) >= 11 is 0. The lowest BCUT2D eigenvalue weighted by molar-refractivity contribution is -0.153. The van der Waals surface area contributed by atoms with E-state index >= 15 is 0 Å². The number of hydrogen-bond acceptors (Lipinski definition) is 9. The number of halogens is 3. The summed E-state index contributed by atoms with van der Waals surface area (Å²) < 4.78 is 54.0. The second-order valence-corrected chi connectivity index (χ2v) is 15.6. The summed E-state index contributed by atoms with van der Waals surface area (Å²) in [5, 5.41) is 8.89. The molecule has 4 saturated heterocycles. The number of nitrogens with zero attached hydrogens (tertiary/aromatic N) is 7. The zero-order valence-electron chi connectivity index (χ0n) is 30.1. The molecule has 1 aliphatic carbocycles. The minimum absolute atomic E-state index is 0.0402. The number of likely N-dealkylation sites (tertiary alicyclic amines) is 1. The molecule has 1 N–H and O–H groups in total. The Bertz CT molecular complexity index is 2060. The predicted molar refractivity (Wildman–Crippen MR) is 197 cm³/mol. The second-order valence-electron chi connectivity index (χ2n) is 15.6. The number of anilines is 2. The second kappa shape index (κ2) is 13.2. The number of benzene rings is 2. The molecule has 5 aliphatic rings. The molecule has 6 heterocycles. The fraction of sp³-hybridized carbons (Fsp3) is 0.538. The van der Waals surface area contributed by atoms with Crippen LogP contribution in [0.3, 0.4) is 0 Å². The van der Waals surface area contributed by atoms with Gasteiger partial charge in [0.15, 0.2) is 12.4 Å². The quantitative estimate of drug-likeness (QED) is 0.225. The number of alkyl halides is 3. The van der Waals surface area contributed by atoms with E-state index in [4.69, 9.17) is 19.4 Å². The molecule has 4 aromatic rings. The van der Waals surface area contributed by atoms with Crippen molar-refractivity contribution in [2.24, 2.45) is 5.41 Å². The molecule has 0 radical (unpaired) electrons. The van der Waals surface area contributed by atoms with E-state index in [2.05, 4.69) is 37.5 Å². The van der Waals surface area contributed by atoms with Gasteiger partial charge in [0.1, 0.15) is 11.3 Å². The van der Waals surface area contributed by atoms with Crippen LogP contribution in [0.5, 0.6) is 5.75 Å². The van der Waals surface area contributed by atoms with E-state index in [1.54, 1.807) is 6.20 Å². The van der Waals surface area contributed by atoms with Crippen LogP contribution in [-0.4, -0.2) is 120 Å². The minimum Gasteiger partial charge on any atom is -0.481 e. The van der Waals surface area contributed by atoms with Gasteiger partial charge < -0.3 is 24.2 Å². The Labute approximate surface area is 306 Å². The Morgan fingerprint density at radius 2 is 1.81 bits per heavy atom. The van der Waals surface area contributed by atoms with Gasteiger partial charge in [-0.1, -0.05) is 12.6 Å². The Balaban J connectivity index is 1.19. The summed E-state index contributed by atoms with van der Waals surface area (Å²) in [5.74, 6) is 1.53. The SMILES string of the molecule is C=CC(=O)N1CC2(CCN(c3nc(N4CC[C@@H](N5CCOCC5)C4)nc4c(OCC(F)(F)F)c(-c5c(C)ccc6[nH]ncc56)c(C5CC5)cc34)CC2)C1. The fourth-order valence-corrected chi connectivity index (χ4v) is 9.06. The zero-order chi connectivity index (χ0) is 36.5. The first-order chi connectivity index (χ1) is 25.6. The van der Waals surface area contributed by atoms with Gasteiger partial charge in [0.25, 0.3) is 0 Å². The Morgan fingerprint density at radius 1 is 1.04 bits per heavy atom. The van der Waals surface area contributed by atoms with Crippen LogP contribution in [0.25, 0.3) is 32.9 Å². The summed E-state index contributed by atoms with van der Waals surface area (Å²) in [5.41, 5.74) is 4.61. The molecule has 2 aromatic heterocycles. The molecule has 1 amide bonds. The van der Waals surface area contributed by atoms with Gasteiger partial charge in [0, 0.05) is 80.2 Å². The van der Waals surface area contributed by atoms with Crippen LogP contribution in [0.2, 0.25) is 0 Å². The van der Waals surface area contributed by atoms with Crippen molar-refractivity contribution in [3.63, 3.8) is 0 Å². The van der Waals surface area contributed by atoms with Crippen LogP contribution in [0, 0.1) is 12.3 Å². The van der Waals surface area contributed by atoms with Gasteiger partial charge >= 0.3 is 6.18 Å². The number of rotatable bonds is 8. The first kappa shape index (κ1) is 34.3. The third-order valence-corrected chi connectivity index (χ3v) is 12.1. The number of aryl methyl sites for hydroxylation is 1. The topological polar surface area (TPSA) is 103 Å². The lowest BCUT2D eigenvalue weighted by Crippen LogP contribution is -2.61. The number of ether oxygens (including phenoxy) is 2. The van der Waals surface area contributed by atoms with Crippen LogP contribution < -0.4 is 14.5 Å². The first-order valence-corrected chi connectivity index (χ1v) is 18.8. The summed E-state index contributed by atoms with van der Waals surface area (Å²) in [4.78, 5) is 31.5. The van der Waals surface area contributed by atoms with Gasteiger partial charge in [0.05, 0.1) is 24.9 Å². The molecule has 0 bridgehead atoms. The summed E-state index contributed by atoms with van der Waals surface area (Å²) in [6.07, 6.45) is 3.13. The van der Waals surface area contributed by atoms with Crippen molar-refractivity contribution in [2.75, 3.05) is 82.0 Å². The summed E-state index contributed by atoms with van der Waals surface area (Å²) in [6.45, 7) is 11.7. The van der Waals surface area contributed by atoms with E-state index in [-0.39, 0.29) is 23.0 Å². The standard InChI is InChI=1S/C39H45F3N8O3/c1-3-31(51)50-21-38(22-50)9-12-48(13-10-38)36-28-18-27(25-5-6-25)33(32-24(2)4-7-30-29(32)19-43-46-30)35(53-23-39(40,41)42)34(28)44-37(45-36)49-11-8-26(20-49)47-14-16-52-17-15-47/h3-4,7,18-19,25-26H,1,5-6,8-17,20-23H2,2H3,(H,43,46)/t26-/m1/s1. The highest BCUT2D eigenvalue weighted by Gasteiger charge is 2.47. The molecule has 0 unspecified atom stereocenters. The molecule has 2 aromatic carbocycles. The minimum atomic E-state index is -4.56. The van der Waals surface area contributed by atoms with Crippen molar-refractivity contribution in [2.45, 2.75) is 57.2 Å². The molecule has 14 heteroatoms. The van der Waals surface area contributed by atoms with Crippen molar-refractivity contribution >= 4 is 39.5 Å². The molecule has 11 nitrogen and oxygen atoms in total. The van der Waals surface area contributed by atoms with E-state index in [9.17, 15) is 18.0 Å². The molecular weight excluding hydrogens is 685 g/mol. The number of aromatic amines is 1. The number of morpholine rings is 1. The maximum Gasteiger partial charge on any atom is 0.422 e. The van der Waals surface area contributed by atoms with Crippen LogP contribution >= 0.6 is 0 Å². The molecule has 1 atom stereocenters. The van der Waals surface area contributed by atoms with Crippen LogP contribution in [-0.2, 0) is 9.53 Å². The third-order valence-electron chi connectivity index (χ3n) is 12.1. The van der Waals surface area contributed by atoms with Gasteiger partial charge in [-0.15, -0.1) is 0 Å². The number of aromatic nitrogens is 4. The number of fused-ring (bicyclic) bond motifs is 2. The number of nitrogens with one attached hydrogen (secondary N) is 1. The lowest BCUT2D eigenvalue weighted by Gasteiger charge is -2.54. The van der Waals surface area contributed by atoms with Gasteiger partial charge in [-0.3, -0.25) is 14.8 Å². The highest BCUT2D eigenvalue weighted by Crippen LogP contribution is 2.53.